The fourth-order valence-corrected chi connectivity index (χ4v) is 5.38. The van der Waals surface area contributed by atoms with E-state index < -0.39 is 0 Å². The van der Waals surface area contributed by atoms with Crippen LogP contribution in [-0.4, -0.2) is 84.6 Å². The molecule has 7 heteroatoms. The molecule has 32 heavy (non-hydrogen) atoms. The van der Waals surface area contributed by atoms with Crippen LogP contribution in [0.1, 0.15) is 36.0 Å². The largest absolute Gasteiger partial charge is 0.356 e. The molecule has 1 atom stereocenters. The molecule has 0 saturated carbocycles. The van der Waals surface area contributed by atoms with Crippen LogP contribution in [0, 0.1) is 5.92 Å². The Morgan fingerprint density at radius 2 is 1.66 bits per heavy atom. The summed E-state index contributed by atoms with van der Waals surface area (Å²) in [6, 6.07) is 9.98. The zero-order valence-corrected chi connectivity index (χ0v) is 18.9. The maximum atomic E-state index is 13.4. The Hall–Kier alpha value is -2.67. The van der Waals surface area contributed by atoms with Crippen LogP contribution in [-0.2, 0) is 0 Å². The first-order valence-corrected chi connectivity index (χ1v) is 12.2. The van der Waals surface area contributed by atoms with E-state index in [0.717, 1.165) is 82.5 Å². The van der Waals surface area contributed by atoms with Crippen LogP contribution in [0.2, 0.25) is 0 Å². The lowest BCUT2D eigenvalue weighted by atomic mass is 9.96. The van der Waals surface area contributed by atoms with E-state index in [-0.39, 0.29) is 5.91 Å². The monoisotopic (exact) mass is 434 g/mol. The number of piperazine rings is 1. The van der Waals surface area contributed by atoms with Gasteiger partial charge in [0, 0.05) is 71.3 Å². The predicted octanol–water partition coefficient (Wildman–Crippen LogP) is 2.75. The van der Waals surface area contributed by atoms with E-state index in [2.05, 4.69) is 41.7 Å². The van der Waals surface area contributed by atoms with Crippen molar-refractivity contribution < 1.29 is 4.79 Å². The third-order valence-electron chi connectivity index (χ3n) is 7.09. The minimum Gasteiger partial charge on any atom is -0.356 e. The molecule has 7 nitrogen and oxygen atoms in total. The number of nitrogens with zero attached hydrogens (tertiary/aromatic N) is 6. The number of amides is 1. The molecule has 2 aromatic heterocycles. The predicted molar refractivity (Wildman–Crippen MR) is 127 cm³/mol. The van der Waals surface area contributed by atoms with Gasteiger partial charge >= 0.3 is 0 Å². The van der Waals surface area contributed by atoms with Crippen molar-refractivity contribution in [2.24, 2.45) is 5.92 Å². The Bertz CT molecular complexity index is 892. The second kappa shape index (κ2) is 9.86. The van der Waals surface area contributed by atoms with Gasteiger partial charge < -0.3 is 14.7 Å². The molecule has 0 N–H and O–H groups in total. The highest BCUT2D eigenvalue weighted by atomic mass is 16.2. The highest BCUT2D eigenvalue weighted by Crippen LogP contribution is 2.26. The maximum Gasteiger partial charge on any atom is 0.257 e. The number of piperidine rings is 1. The molecule has 0 aliphatic carbocycles. The van der Waals surface area contributed by atoms with Crippen LogP contribution < -0.4 is 9.80 Å². The Morgan fingerprint density at radius 1 is 0.844 bits per heavy atom. The summed E-state index contributed by atoms with van der Waals surface area (Å²) in [6.07, 6.45) is 8.34. The lowest BCUT2D eigenvalue weighted by Crippen LogP contribution is -2.50. The second-order valence-electron chi connectivity index (χ2n) is 9.30. The van der Waals surface area contributed by atoms with Crippen LogP contribution in [0.25, 0.3) is 0 Å². The number of anilines is 2. The number of rotatable bonds is 5. The summed E-state index contributed by atoms with van der Waals surface area (Å²) < 4.78 is 0. The number of hydrogen-bond acceptors (Lipinski definition) is 6. The van der Waals surface area contributed by atoms with Gasteiger partial charge in [0.25, 0.3) is 5.91 Å². The summed E-state index contributed by atoms with van der Waals surface area (Å²) in [7, 11) is 0. The van der Waals surface area contributed by atoms with Crippen molar-refractivity contribution in [3.63, 3.8) is 0 Å². The minimum absolute atomic E-state index is 0.157. The quantitative estimate of drug-likeness (QED) is 0.721. The van der Waals surface area contributed by atoms with Crippen molar-refractivity contribution in [3.05, 3.63) is 48.3 Å². The van der Waals surface area contributed by atoms with Crippen molar-refractivity contribution in [2.75, 3.05) is 68.7 Å². The average Bonchev–Trinajstić information content (AvgIpc) is 3.40. The molecule has 170 valence electrons. The van der Waals surface area contributed by atoms with E-state index in [1.54, 1.807) is 0 Å². The Kier molecular flexibility index (Phi) is 6.53. The summed E-state index contributed by atoms with van der Waals surface area (Å²) in [6.45, 7) is 8.94. The van der Waals surface area contributed by atoms with Gasteiger partial charge in [0.1, 0.15) is 11.6 Å². The Balaban J connectivity index is 1.17. The number of likely N-dealkylation sites (tertiary alicyclic amines) is 1. The van der Waals surface area contributed by atoms with Gasteiger partial charge in [-0.15, -0.1) is 0 Å². The second-order valence-corrected chi connectivity index (χ2v) is 9.30. The van der Waals surface area contributed by atoms with E-state index in [0.29, 0.717) is 5.92 Å². The van der Waals surface area contributed by atoms with Gasteiger partial charge in [-0.2, -0.15) is 0 Å². The molecule has 0 spiro atoms. The summed E-state index contributed by atoms with van der Waals surface area (Å²) in [5.41, 5.74) is 0.777. The van der Waals surface area contributed by atoms with Gasteiger partial charge in [0.15, 0.2) is 0 Å². The summed E-state index contributed by atoms with van der Waals surface area (Å²) in [5, 5.41) is 0. The molecule has 1 unspecified atom stereocenters. The van der Waals surface area contributed by atoms with Crippen molar-refractivity contribution in [2.45, 2.75) is 25.7 Å². The van der Waals surface area contributed by atoms with Crippen LogP contribution in [0.15, 0.2) is 42.7 Å². The van der Waals surface area contributed by atoms with Gasteiger partial charge in [0.05, 0.1) is 5.56 Å². The smallest absolute Gasteiger partial charge is 0.257 e. The molecule has 1 amide bonds. The first kappa shape index (κ1) is 21.2. The Morgan fingerprint density at radius 3 is 2.44 bits per heavy atom. The molecule has 3 saturated heterocycles. The molecule has 3 aliphatic heterocycles. The van der Waals surface area contributed by atoms with E-state index >= 15 is 0 Å². The van der Waals surface area contributed by atoms with Crippen molar-refractivity contribution >= 4 is 17.5 Å². The molecule has 0 radical (unpaired) electrons. The summed E-state index contributed by atoms with van der Waals surface area (Å²) in [5.74, 6) is 2.65. The van der Waals surface area contributed by atoms with Gasteiger partial charge in [-0.25, -0.2) is 9.97 Å². The molecular formula is C25H34N6O. The lowest BCUT2D eigenvalue weighted by molar-refractivity contribution is 0.0637. The highest BCUT2D eigenvalue weighted by molar-refractivity contribution is 5.99. The van der Waals surface area contributed by atoms with Crippen LogP contribution in [0.5, 0.6) is 0 Å². The molecule has 0 bridgehead atoms. The van der Waals surface area contributed by atoms with Gasteiger partial charge in [-0.05, 0) is 55.9 Å². The highest BCUT2D eigenvalue weighted by Gasteiger charge is 2.29. The minimum atomic E-state index is 0.157. The topological polar surface area (TPSA) is 55.8 Å². The molecular weight excluding hydrogens is 400 g/mol. The molecule has 3 aliphatic rings. The van der Waals surface area contributed by atoms with E-state index in [4.69, 9.17) is 0 Å². The maximum absolute atomic E-state index is 13.4. The van der Waals surface area contributed by atoms with Crippen molar-refractivity contribution in [1.29, 1.82) is 0 Å². The van der Waals surface area contributed by atoms with Crippen LogP contribution in [0.4, 0.5) is 11.6 Å². The molecule has 3 fully saturated rings. The summed E-state index contributed by atoms with van der Waals surface area (Å²) >= 11 is 0. The zero-order chi connectivity index (χ0) is 21.8. The third-order valence-corrected chi connectivity index (χ3v) is 7.09. The molecule has 0 aromatic carbocycles. The van der Waals surface area contributed by atoms with Crippen LogP contribution >= 0.6 is 0 Å². The number of aromatic nitrogens is 2. The average molecular weight is 435 g/mol. The normalized spacial score (nSPS) is 22.4. The van der Waals surface area contributed by atoms with Crippen molar-refractivity contribution in [3.8, 4) is 0 Å². The van der Waals surface area contributed by atoms with Gasteiger partial charge in [0.2, 0.25) is 0 Å². The summed E-state index contributed by atoms with van der Waals surface area (Å²) in [4.78, 5) is 31.8. The van der Waals surface area contributed by atoms with E-state index in [9.17, 15) is 4.79 Å². The third kappa shape index (κ3) is 4.72. The first-order chi connectivity index (χ1) is 15.8. The molecule has 2 aromatic rings. The van der Waals surface area contributed by atoms with Gasteiger partial charge in [-0.1, -0.05) is 6.07 Å². The number of carbonyl (C=O) groups excluding carboxylic acids is 1. The van der Waals surface area contributed by atoms with Gasteiger partial charge in [-0.3, -0.25) is 9.69 Å². The Labute approximate surface area is 191 Å². The zero-order valence-electron chi connectivity index (χ0n) is 18.9. The standard InChI is InChI=1S/C25H34N6O/c32-25(22-8-5-11-27-24(22)30-12-3-4-13-30)31-14-6-7-21(20-31)19-28-15-17-29(18-16-28)23-9-1-2-10-26-23/h1-2,5,8-11,21H,3-4,6-7,12-20H2. The number of carbonyl (C=O) groups is 1. The fraction of sp³-hybridized carbons (Fsp3) is 0.560. The number of pyridine rings is 2. The fourth-order valence-electron chi connectivity index (χ4n) is 5.38. The van der Waals surface area contributed by atoms with E-state index in [1.165, 1.54) is 19.3 Å². The first-order valence-electron chi connectivity index (χ1n) is 12.2. The number of hydrogen-bond donors (Lipinski definition) is 0. The van der Waals surface area contributed by atoms with Crippen LogP contribution in [0.3, 0.4) is 0 Å². The van der Waals surface area contributed by atoms with E-state index in [1.807, 2.05) is 30.6 Å². The SMILES string of the molecule is O=C(c1cccnc1N1CCCC1)N1CCCC(CN2CCN(c3ccccn3)CC2)C1. The van der Waals surface area contributed by atoms with Crippen molar-refractivity contribution in [1.82, 2.24) is 19.8 Å². The molecule has 5 heterocycles. The lowest BCUT2D eigenvalue weighted by Gasteiger charge is -2.39. The molecule has 5 rings (SSSR count).